The largest absolute Gasteiger partial charge is 0.573 e. The minimum Gasteiger partial charge on any atom is -0.403 e. The highest BCUT2D eigenvalue weighted by Gasteiger charge is 2.40. The van der Waals surface area contributed by atoms with Crippen molar-refractivity contribution in [2.24, 2.45) is 10.1 Å². The Kier molecular flexibility index (Phi) is 9.63. The molecule has 4 rings (SSSR count). The van der Waals surface area contributed by atoms with Gasteiger partial charge in [-0.3, -0.25) is 10.1 Å². The van der Waals surface area contributed by atoms with Crippen LogP contribution in [0.25, 0.3) is 0 Å². The summed E-state index contributed by atoms with van der Waals surface area (Å²) < 4.78 is 83.4. The highest BCUT2D eigenvalue weighted by Crippen LogP contribution is 2.39. The standard InChI is InChI=1S/C26H23Cl2F6N7O2/c1-2-40(23(42)18-4-3-9-36-18)20-12-41(39-22(20)14-5-7-16(27)17(28)10-14)24(37-13-35)38-19-11-15(25(29,30)31)6-8-21(19)43-26(32,33)34/h5-8,10-11,18,20,36H,2-4,9,12H2,1H3,(H,37,38)/t18-,20+/m1/s1. The quantitative estimate of drug-likeness (QED) is 0.138. The molecule has 2 aromatic rings. The van der Waals surface area contributed by atoms with Gasteiger partial charge in [-0.05, 0) is 56.6 Å². The van der Waals surface area contributed by atoms with Crippen LogP contribution >= 0.6 is 23.2 Å². The summed E-state index contributed by atoms with van der Waals surface area (Å²) in [5.41, 5.74) is -1.47. The molecule has 0 spiro atoms. The molecule has 2 heterocycles. The number of nitrogens with zero attached hydrogens (tertiary/aromatic N) is 5. The fourth-order valence-corrected chi connectivity index (χ4v) is 5.00. The number of carbonyl (C=O) groups excluding carboxylic acids is 1. The van der Waals surface area contributed by atoms with Crippen molar-refractivity contribution in [1.29, 1.82) is 5.26 Å². The van der Waals surface area contributed by atoms with Crippen LogP contribution in [-0.4, -0.2) is 65.6 Å². The van der Waals surface area contributed by atoms with Gasteiger partial charge in [-0.2, -0.15) is 23.5 Å². The van der Waals surface area contributed by atoms with Gasteiger partial charge in [0.05, 0.1) is 39.9 Å². The molecular formula is C26H23Cl2F6N7O2. The van der Waals surface area contributed by atoms with E-state index >= 15 is 0 Å². The third kappa shape index (κ3) is 7.62. The Bertz CT molecular complexity index is 1470. The SMILES string of the molecule is CCN(C(=O)[C@H]1CCCN1)[C@H]1CN(C(=Nc2cc(C(F)(F)F)ccc2OC(F)(F)F)NC#N)N=C1c1ccc(Cl)c(Cl)c1. The van der Waals surface area contributed by atoms with Gasteiger partial charge in [-0.25, -0.2) is 10.0 Å². The first-order valence-corrected chi connectivity index (χ1v) is 13.5. The summed E-state index contributed by atoms with van der Waals surface area (Å²) >= 11 is 12.3. The van der Waals surface area contributed by atoms with E-state index in [-0.39, 0.29) is 34.8 Å². The van der Waals surface area contributed by atoms with Gasteiger partial charge in [0, 0.05) is 12.1 Å². The van der Waals surface area contributed by atoms with Crippen molar-refractivity contribution >= 4 is 46.5 Å². The van der Waals surface area contributed by atoms with Crippen LogP contribution in [0.2, 0.25) is 10.0 Å². The van der Waals surface area contributed by atoms with Crippen LogP contribution in [0.1, 0.15) is 30.9 Å². The first-order chi connectivity index (χ1) is 20.2. The van der Waals surface area contributed by atoms with E-state index < -0.39 is 47.6 Å². The van der Waals surface area contributed by atoms with Crippen LogP contribution in [0.5, 0.6) is 5.75 Å². The van der Waals surface area contributed by atoms with Crippen LogP contribution in [0.3, 0.4) is 0 Å². The number of benzene rings is 2. The molecule has 2 N–H and O–H groups in total. The molecule has 1 saturated heterocycles. The lowest BCUT2D eigenvalue weighted by Crippen LogP contribution is -2.53. The number of amides is 1. The second-order valence-corrected chi connectivity index (χ2v) is 10.2. The number of nitriles is 1. The molecule has 0 bridgehead atoms. The Morgan fingerprint density at radius 3 is 2.53 bits per heavy atom. The molecule has 0 unspecified atom stereocenters. The second kappa shape index (κ2) is 12.9. The first kappa shape index (κ1) is 32.2. The Labute approximate surface area is 251 Å². The van der Waals surface area contributed by atoms with Crippen LogP contribution in [-0.2, 0) is 11.0 Å². The van der Waals surface area contributed by atoms with Crippen LogP contribution in [0.15, 0.2) is 46.5 Å². The number of aliphatic imine (C=N–C) groups is 1. The lowest BCUT2D eigenvalue weighted by atomic mass is 10.0. The van der Waals surface area contributed by atoms with E-state index in [2.05, 4.69) is 25.5 Å². The second-order valence-electron chi connectivity index (χ2n) is 9.39. The summed E-state index contributed by atoms with van der Waals surface area (Å²) in [6.07, 6.45) is -7.20. The summed E-state index contributed by atoms with van der Waals surface area (Å²) in [7, 11) is 0. The molecule has 0 radical (unpaired) electrons. The predicted molar refractivity (Wildman–Crippen MR) is 146 cm³/mol. The molecule has 2 aromatic carbocycles. The monoisotopic (exact) mass is 649 g/mol. The minimum absolute atomic E-state index is 0.163. The van der Waals surface area contributed by atoms with Crippen molar-refractivity contribution in [3.8, 4) is 11.9 Å². The number of guanidine groups is 1. The van der Waals surface area contributed by atoms with Gasteiger partial charge in [0.2, 0.25) is 11.9 Å². The minimum atomic E-state index is -5.25. The van der Waals surface area contributed by atoms with Crippen molar-refractivity contribution < 1.29 is 35.9 Å². The van der Waals surface area contributed by atoms with Gasteiger partial charge < -0.3 is 15.0 Å². The molecule has 2 atom stereocenters. The number of carbonyl (C=O) groups is 1. The van der Waals surface area contributed by atoms with Crippen LogP contribution in [0.4, 0.5) is 32.0 Å². The Hall–Kier alpha value is -3.74. The zero-order chi connectivity index (χ0) is 31.5. The number of halogens is 8. The normalized spacial score (nSPS) is 19.2. The molecule has 1 amide bonds. The van der Waals surface area contributed by atoms with Crippen molar-refractivity contribution in [2.45, 2.75) is 44.4 Å². The Morgan fingerprint density at radius 1 is 1.21 bits per heavy atom. The van der Waals surface area contributed by atoms with Crippen molar-refractivity contribution in [3.05, 3.63) is 57.6 Å². The molecule has 0 aromatic heterocycles. The van der Waals surface area contributed by atoms with Crippen LogP contribution in [0, 0.1) is 11.5 Å². The maximum absolute atomic E-state index is 13.5. The smallest absolute Gasteiger partial charge is 0.403 e. The summed E-state index contributed by atoms with van der Waals surface area (Å²) in [5, 5.41) is 20.7. The van der Waals surface area contributed by atoms with Crippen LogP contribution < -0.4 is 15.4 Å². The lowest BCUT2D eigenvalue weighted by molar-refractivity contribution is -0.274. The fraction of sp³-hybridized carbons (Fsp3) is 0.385. The number of likely N-dealkylation sites (N-methyl/N-ethyl adjacent to an activating group) is 1. The molecule has 0 saturated carbocycles. The summed E-state index contributed by atoms with van der Waals surface area (Å²) in [5.74, 6) is -1.79. The maximum atomic E-state index is 13.5. The molecule has 2 aliphatic rings. The highest BCUT2D eigenvalue weighted by molar-refractivity contribution is 6.42. The third-order valence-electron chi connectivity index (χ3n) is 6.61. The third-order valence-corrected chi connectivity index (χ3v) is 7.35. The highest BCUT2D eigenvalue weighted by atomic mass is 35.5. The van der Waals surface area contributed by atoms with Crippen molar-refractivity contribution in [2.75, 3.05) is 19.6 Å². The van der Waals surface area contributed by atoms with E-state index in [0.29, 0.717) is 36.7 Å². The maximum Gasteiger partial charge on any atom is 0.573 e. The number of rotatable bonds is 6. The van der Waals surface area contributed by atoms with Gasteiger partial charge in [0.25, 0.3) is 0 Å². The molecule has 230 valence electrons. The topological polar surface area (TPSA) is 105 Å². The Balaban J connectivity index is 1.82. The summed E-state index contributed by atoms with van der Waals surface area (Å²) in [6.45, 7) is 2.46. The summed E-state index contributed by atoms with van der Waals surface area (Å²) in [4.78, 5) is 18.9. The molecule has 17 heteroatoms. The van der Waals surface area contributed by atoms with Gasteiger partial charge in [0.15, 0.2) is 11.9 Å². The van der Waals surface area contributed by atoms with E-state index in [9.17, 15) is 36.4 Å². The molecule has 1 fully saturated rings. The average molecular weight is 650 g/mol. The van der Waals surface area contributed by atoms with E-state index in [4.69, 9.17) is 23.2 Å². The predicted octanol–water partition coefficient (Wildman–Crippen LogP) is 5.66. The number of alkyl halides is 6. The van der Waals surface area contributed by atoms with Gasteiger partial charge in [-0.15, -0.1) is 13.2 Å². The first-order valence-electron chi connectivity index (χ1n) is 12.8. The van der Waals surface area contributed by atoms with E-state index in [0.717, 1.165) is 11.4 Å². The number of ether oxygens (including phenoxy) is 1. The van der Waals surface area contributed by atoms with E-state index in [1.165, 1.54) is 17.0 Å². The van der Waals surface area contributed by atoms with Gasteiger partial charge in [-0.1, -0.05) is 29.3 Å². The fourth-order valence-electron chi connectivity index (χ4n) is 4.71. The average Bonchev–Trinajstić information content (AvgIpc) is 3.61. The molecule has 9 nitrogen and oxygen atoms in total. The van der Waals surface area contributed by atoms with Gasteiger partial charge in [0.1, 0.15) is 5.69 Å². The zero-order valence-corrected chi connectivity index (χ0v) is 23.7. The molecule has 43 heavy (non-hydrogen) atoms. The van der Waals surface area contributed by atoms with Crippen molar-refractivity contribution in [3.63, 3.8) is 0 Å². The molecule has 2 aliphatic heterocycles. The Morgan fingerprint density at radius 2 is 1.95 bits per heavy atom. The van der Waals surface area contributed by atoms with E-state index in [1.54, 1.807) is 19.2 Å². The number of nitrogens with one attached hydrogen (secondary N) is 2. The lowest BCUT2D eigenvalue weighted by Gasteiger charge is -2.31. The number of hydrazone groups is 1. The van der Waals surface area contributed by atoms with Gasteiger partial charge >= 0.3 is 12.5 Å². The van der Waals surface area contributed by atoms with E-state index in [1.807, 2.05) is 0 Å². The summed E-state index contributed by atoms with van der Waals surface area (Å²) in [6, 6.07) is 4.59. The number of hydrogen-bond acceptors (Lipinski definition) is 6. The molecular weight excluding hydrogens is 627 g/mol. The van der Waals surface area contributed by atoms with Crippen molar-refractivity contribution in [1.82, 2.24) is 20.5 Å². The zero-order valence-electron chi connectivity index (χ0n) is 22.2. The number of hydrogen-bond donors (Lipinski definition) is 2. The molecule has 0 aliphatic carbocycles.